The molecule has 4 nitrogen and oxygen atoms in total. The van der Waals surface area contributed by atoms with Crippen molar-refractivity contribution in [1.82, 2.24) is 10.2 Å². The summed E-state index contributed by atoms with van der Waals surface area (Å²) < 4.78 is 0. The Kier molecular flexibility index (Phi) is 7.14. The van der Waals surface area contributed by atoms with E-state index in [0.29, 0.717) is 24.8 Å². The molecule has 21 heavy (non-hydrogen) atoms. The second-order valence-electron chi connectivity index (χ2n) is 7.13. The van der Waals surface area contributed by atoms with Gasteiger partial charge in [-0.2, -0.15) is 0 Å². The molecule has 1 saturated heterocycles. The van der Waals surface area contributed by atoms with Gasteiger partial charge in [0.05, 0.1) is 0 Å². The third kappa shape index (κ3) is 4.96. The second kappa shape index (κ2) is 8.14. The van der Waals surface area contributed by atoms with Gasteiger partial charge in [0.1, 0.15) is 5.54 Å². The van der Waals surface area contributed by atoms with Crippen molar-refractivity contribution in [2.75, 3.05) is 13.1 Å². The SMILES string of the molecule is CCC(CCCN1CCCC1C(C)C)(NC(C)C)C(=O)O. The largest absolute Gasteiger partial charge is 0.480 e. The molecule has 2 N–H and O–H groups in total. The predicted molar refractivity (Wildman–Crippen MR) is 87.6 cm³/mol. The van der Waals surface area contributed by atoms with Crippen molar-refractivity contribution in [2.45, 2.75) is 84.3 Å². The van der Waals surface area contributed by atoms with Crippen molar-refractivity contribution in [3.05, 3.63) is 0 Å². The van der Waals surface area contributed by atoms with Gasteiger partial charge in [0.25, 0.3) is 0 Å². The summed E-state index contributed by atoms with van der Waals surface area (Å²) in [4.78, 5) is 14.3. The Morgan fingerprint density at radius 2 is 2.05 bits per heavy atom. The van der Waals surface area contributed by atoms with Gasteiger partial charge in [-0.05, 0) is 65.0 Å². The van der Waals surface area contributed by atoms with Gasteiger partial charge >= 0.3 is 5.97 Å². The highest BCUT2D eigenvalue weighted by atomic mass is 16.4. The van der Waals surface area contributed by atoms with Crippen molar-refractivity contribution in [3.63, 3.8) is 0 Å². The fourth-order valence-corrected chi connectivity index (χ4v) is 3.69. The van der Waals surface area contributed by atoms with Crippen LogP contribution in [0.5, 0.6) is 0 Å². The number of nitrogens with zero attached hydrogens (tertiary/aromatic N) is 1. The first-order valence-corrected chi connectivity index (χ1v) is 8.57. The van der Waals surface area contributed by atoms with Crippen LogP contribution < -0.4 is 5.32 Å². The number of carboxylic acids is 1. The molecule has 1 aliphatic heterocycles. The highest BCUT2D eigenvalue weighted by Crippen LogP contribution is 2.25. The lowest BCUT2D eigenvalue weighted by Crippen LogP contribution is -2.54. The summed E-state index contributed by atoms with van der Waals surface area (Å²) in [6.07, 6.45) is 4.86. The zero-order valence-corrected chi connectivity index (χ0v) is 14.5. The number of nitrogens with one attached hydrogen (secondary N) is 1. The summed E-state index contributed by atoms with van der Waals surface area (Å²) in [5.41, 5.74) is -0.763. The summed E-state index contributed by atoms with van der Waals surface area (Å²) in [5.74, 6) is -0.0165. The number of rotatable bonds is 9. The molecule has 0 aromatic rings. The lowest BCUT2D eigenvalue weighted by molar-refractivity contribution is -0.145. The quantitative estimate of drug-likeness (QED) is 0.687. The molecule has 0 aromatic heterocycles. The lowest BCUT2D eigenvalue weighted by Gasteiger charge is -2.33. The van der Waals surface area contributed by atoms with Crippen molar-refractivity contribution >= 4 is 5.97 Å². The number of hydrogen-bond acceptors (Lipinski definition) is 3. The fourth-order valence-electron chi connectivity index (χ4n) is 3.69. The first-order valence-electron chi connectivity index (χ1n) is 8.57. The summed E-state index contributed by atoms with van der Waals surface area (Å²) in [6, 6.07) is 0.875. The number of carbonyl (C=O) groups is 1. The molecular weight excluding hydrogens is 264 g/mol. The third-order valence-electron chi connectivity index (χ3n) is 4.81. The molecule has 0 bridgehead atoms. The number of likely N-dealkylation sites (tertiary alicyclic amines) is 1. The Morgan fingerprint density at radius 1 is 1.38 bits per heavy atom. The van der Waals surface area contributed by atoms with E-state index in [4.69, 9.17) is 0 Å². The zero-order chi connectivity index (χ0) is 16.0. The molecule has 1 aliphatic rings. The van der Waals surface area contributed by atoms with Crippen LogP contribution in [0.25, 0.3) is 0 Å². The Labute approximate surface area is 130 Å². The molecule has 0 aliphatic carbocycles. The van der Waals surface area contributed by atoms with Gasteiger partial charge in [0.15, 0.2) is 0 Å². The summed E-state index contributed by atoms with van der Waals surface area (Å²) in [7, 11) is 0. The summed E-state index contributed by atoms with van der Waals surface area (Å²) >= 11 is 0. The fraction of sp³-hybridized carbons (Fsp3) is 0.941. The van der Waals surface area contributed by atoms with E-state index in [1.807, 2.05) is 20.8 Å². The molecule has 124 valence electrons. The van der Waals surface area contributed by atoms with Gasteiger partial charge in [-0.3, -0.25) is 10.1 Å². The van der Waals surface area contributed by atoms with Gasteiger partial charge in [0.2, 0.25) is 0 Å². The van der Waals surface area contributed by atoms with E-state index in [9.17, 15) is 9.90 Å². The zero-order valence-electron chi connectivity index (χ0n) is 14.5. The Bertz CT molecular complexity index is 331. The standard InChI is InChI=1S/C17H34N2O2/c1-6-17(16(20)21,18-14(4)5)10-8-12-19-11-7-9-15(19)13(2)3/h13-15,18H,6-12H2,1-5H3,(H,20,21). The van der Waals surface area contributed by atoms with E-state index in [0.717, 1.165) is 13.0 Å². The Balaban J connectivity index is 2.55. The highest BCUT2D eigenvalue weighted by Gasteiger charge is 2.37. The minimum Gasteiger partial charge on any atom is -0.480 e. The van der Waals surface area contributed by atoms with Crippen molar-refractivity contribution in [2.24, 2.45) is 5.92 Å². The van der Waals surface area contributed by atoms with Crippen LogP contribution in [-0.2, 0) is 4.79 Å². The summed E-state index contributed by atoms with van der Waals surface area (Å²) in [6.45, 7) is 12.8. The molecule has 0 saturated carbocycles. The maximum absolute atomic E-state index is 11.7. The normalized spacial score (nSPS) is 22.9. The average Bonchev–Trinajstić information content (AvgIpc) is 2.85. The van der Waals surface area contributed by atoms with E-state index in [2.05, 4.69) is 24.1 Å². The van der Waals surface area contributed by atoms with E-state index in [-0.39, 0.29) is 6.04 Å². The van der Waals surface area contributed by atoms with E-state index in [1.54, 1.807) is 0 Å². The van der Waals surface area contributed by atoms with Gasteiger partial charge in [-0.1, -0.05) is 20.8 Å². The first kappa shape index (κ1) is 18.4. The van der Waals surface area contributed by atoms with E-state index >= 15 is 0 Å². The molecule has 0 spiro atoms. The molecule has 2 unspecified atom stereocenters. The van der Waals surface area contributed by atoms with Gasteiger partial charge in [0, 0.05) is 12.1 Å². The van der Waals surface area contributed by atoms with E-state index in [1.165, 1.54) is 19.4 Å². The van der Waals surface area contributed by atoms with Crippen LogP contribution in [0.2, 0.25) is 0 Å². The Morgan fingerprint density at radius 3 is 2.52 bits per heavy atom. The molecule has 0 aromatic carbocycles. The predicted octanol–water partition coefficient (Wildman–Crippen LogP) is 3.12. The first-order chi connectivity index (χ1) is 9.82. The van der Waals surface area contributed by atoms with Crippen LogP contribution >= 0.6 is 0 Å². The van der Waals surface area contributed by atoms with E-state index < -0.39 is 11.5 Å². The maximum Gasteiger partial charge on any atom is 0.323 e. The van der Waals surface area contributed by atoms with Crippen LogP contribution in [0.4, 0.5) is 0 Å². The van der Waals surface area contributed by atoms with Gasteiger partial charge in [-0.25, -0.2) is 0 Å². The molecule has 1 fully saturated rings. The van der Waals surface area contributed by atoms with Crippen molar-refractivity contribution in [1.29, 1.82) is 0 Å². The monoisotopic (exact) mass is 298 g/mol. The van der Waals surface area contributed by atoms with Crippen LogP contribution in [0.15, 0.2) is 0 Å². The molecular formula is C17H34N2O2. The van der Waals surface area contributed by atoms with Crippen LogP contribution in [0.3, 0.4) is 0 Å². The minimum atomic E-state index is -0.763. The van der Waals surface area contributed by atoms with Crippen molar-refractivity contribution in [3.8, 4) is 0 Å². The molecule has 4 heteroatoms. The number of aliphatic carboxylic acids is 1. The average molecular weight is 298 g/mol. The molecule has 0 amide bonds. The van der Waals surface area contributed by atoms with Crippen LogP contribution in [-0.4, -0.2) is 46.7 Å². The van der Waals surface area contributed by atoms with Crippen LogP contribution in [0, 0.1) is 5.92 Å². The highest BCUT2D eigenvalue weighted by molar-refractivity contribution is 5.78. The van der Waals surface area contributed by atoms with Crippen LogP contribution in [0.1, 0.15) is 66.7 Å². The van der Waals surface area contributed by atoms with Gasteiger partial charge < -0.3 is 10.0 Å². The smallest absolute Gasteiger partial charge is 0.323 e. The number of carboxylic acid groups (broad SMARTS) is 1. The van der Waals surface area contributed by atoms with Gasteiger partial charge in [-0.15, -0.1) is 0 Å². The lowest BCUT2D eigenvalue weighted by atomic mass is 9.89. The Hall–Kier alpha value is -0.610. The molecule has 0 radical (unpaired) electrons. The van der Waals surface area contributed by atoms with Crippen molar-refractivity contribution < 1.29 is 9.90 Å². The molecule has 1 rings (SSSR count). The maximum atomic E-state index is 11.7. The third-order valence-corrected chi connectivity index (χ3v) is 4.81. The second-order valence-corrected chi connectivity index (χ2v) is 7.13. The number of hydrogen-bond donors (Lipinski definition) is 2. The summed E-state index contributed by atoms with van der Waals surface area (Å²) in [5, 5.41) is 12.9. The molecule has 1 heterocycles. The molecule has 2 atom stereocenters. The topological polar surface area (TPSA) is 52.6 Å². The minimum absolute atomic E-state index is 0.191.